The van der Waals surface area contributed by atoms with Gasteiger partial charge in [0.25, 0.3) is 0 Å². The van der Waals surface area contributed by atoms with Gasteiger partial charge in [0, 0.05) is 14.8 Å². The predicted molar refractivity (Wildman–Crippen MR) is 89.3 cm³/mol. The Morgan fingerprint density at radius 1 is 1.35 bits per heavy atom. The molecular formula is C15H20BrNO2S. The molecule has 0 aliphatic carbocycles. The lowest BCUT2D eigenvalue weighted by Gasteiger charge is -2.15. The monoisotopic (exact) mass is 357 g/mol. The molecular weight excluding hydrogens is 338 g/mol. The molecule has 0 aliphatic rings. The van der Waals surface area contributed by atoms with Crippen LogP contribution in [0, 0.1) is 0 Å². The Bertz CT molecular complexity index is 507. The number of benzene rings is 1. The molecule has 20 heavy (non-hydrogen) atoms. The molecule has 1 aromatic carbocycles. The van der Waals surface area contributed by atoms with Crippen LogP contribution in [0.4, 0.5) is 0 Å². The predicted octanol–water partition coefficient (Wildman–Crippen LogP) is 4.64. The highest BCUT2D eigenvalue weighted by Crippen LogP contribution is 2.26. The van der Waals surface area contributed by atoms with Crippen molar-refractivity contribution in [3.63, 3.8) is 0 Å². The normalized spacial score (nSPS) is 12.7. The van der Waals surface area contributed by atoms with E-state index in [0.717, 1.165) is 10.0 Å². The maximum atomic E-state index is 12.2. The number of carbonyl (C=O) groups excluding carboxylic acids is 1. The molecule has 5 heteroatoms. The molecule has 1 aromatic rings. The van der Waals surface area contributed by atoms with Gasteiger partial charge in [0.2, 0.25) is 0 Å². The van der Waals surface area contributed by atoms with Gasteiger partial charge in [0.15, 0.2) is 5.71 Å². The first kappa shape index (κ1) is 17.2. The zero-order valence-corrected chi connectivity index (χ0v) is 14.8. The van der Waals surface area contributed by atoms with Crippen molar-refractivity contribution in [3.8, 4) is 0 Å². The smallest absolute Gasteiger partial charge is 0.358 e. The van der Waals surface area contributed by atoms with Crippen molar-refractivity contribution in [1.82, 2.24) is 0 Å². The highest BCUT2D eigenvalue weighted by atomic mass is 79.9. The van der Waals surface area contributed by atoms with Crippen molar-refractivity contribution < 1.29 is 9.53 Å². The second-order valence-electron chi connectivity index (χ2n) is 5.61. The summed E-state index contributed by atoms with van der Waals surface area (Å²) in [5, 5.41) is 0. The lowest BCUT2D eigenvalue weighted by Crippen LogP contribution is -2.22. The van der Waals surface area contributed by atoms with Crippen LogP contribution in [0.25, 0.3) is 0 Å². The molecule has 0 bridgehead atoms. The molecule has 0 aliphatic heterocycles. The molecule has 0 radical (unpaired) electrons. The Kier molecular flexibility index (Phi) is 6.27. The number of rotatable bonds is 4. The lowest BCUT2D eigenvalue weighted by atomic mass is 10.1. The minimum absolute atomic E-state index is 0.0601. The van der Waals surface area contributed by atoms with E-state index in [-0.39, 0.29) is 10.9 Å². The second-order valence-corrected chi connectivity index (χ2v) is 8.11. The summed E-state index contributed by atoms with van der Waals surface area (Å²) in [7, 11) is 0. The number of halogens is 1. The molecule has 0 spiro atoms. The highest BCUT2D eigenvalue weighted by molar-refractivity contribution is 9.10. The van der Waals surface area contributed by atoms with E-state index in [1.807, 2.05) is 58.9 Å². The summed E-state index contributed by atoms with van der Waals surface area (Å²) < 4.78 is 10.5. The summed E-state index contributed by atoms with van der Waals surface area (Å²) in [6.07, 6.45) is -0.167. The Morgan fingerprint density at radius 2 is 2.00 bits per heavy atom. The maximum Gasteiger partial charge on any atom is 0.358 e. The largest absolute Gasteiger partial charge is 0.458 e. The quantitative estimate of drug-likeness (QED) is 0.447. The van der Waals surface area contributed by atoms with Crippen molar-refractivity contribution >= 4 is 39.6 Å². The molecule has 3 nitrogen and oxygen atoms in total. The molecule has 0 atom stereocenters. The van der Waals surface area contributed by atoms with Crippen molar-refractivity contribution in [3.05, 3.63) is 34.3 Å². The molecule has 0 heterocycles. The zero-order valence-electron chi connectivity index (χ0n) is 12.4. The zero-order chi connectivity index (χ0) is 15.3. The number of hydrogen-bond acceptors (Lipinski definition) is 4. The van der Waals surface area contributed by atoms with E-state index in [1.165, 1.54) is 11.9 Å². The summed E-state index contributed by atoms with van der Waals surface area (Å²) in [6.45, 7) is 9.80. The first-order valence-corrected chi connectivity index (χ1v) is 7.99. The summed E-state index contributed by atoms with van der Waals surface area (Å²) in [6, 6.07) is 7.50. The topological polar surface area (TPSA) is 38.7 Å². The minimum Gasteiger partial charge on any atom is -0.458 e. The van der Waals surface area contributed by atoms with Crippen LogP contribution in [0.5, 0.6) is 0 Å². The summed E-state index contributed by atoms with van der Waals surface area (Å²) in [5.74, 6) is -0.394. The van der Waals surface area contributed by atoms with Gasteiger partial charge in [-0.05, 0) is 58.7 Å². The number of hydrogen-bond donors (Lipinski definition) is 0. The van der Waals surface area contributed by atoms with E-state index in [9.17, 15) is 4.79 Å². The third-order valence-corrected chi connectivity index (χ3v) is 3.36. The minimum atomic E-state index is -0.394. The van der Waals surface area contributed by atoms with Gasteiger partial charge in [-0.3, -0.25) is 0 Å². The first-order chi connectivity index (χ1) is 9.19. The third-order valence-electron chi connectivity index (χ3n) is 2.04. The van der Waals surface area contributed by atoms with E-state index in [1.54, 1.807) is 0 Å². The van der Waals surface area contributed by atoms with Gasteiger partial charge in [0.1, 0.15) is 0 Å². The first-order valence-electron chi connectivity index (χ1n) is 6.42. The van der Waals surface area contributed by atoms with E-state index in [0.29, 0.717) is 5.71 Å². The van der Waals surface area contributed by atoms with Crippen molar-refractivity contribution in [1.29, 1.82) is 0 Å². The summed E-state index contributed by atoms with van der Waals surface area (Å²) in [4.78, 5) is 12.2. The molecule has 0 fully saturated rings. The van der Waals surface area contributed by atoms with Crippen molar-refractivity contribution in [2.24, 2.45) is 4.40 Å². The molecule has 1 rings (SSSR count). The van der Waals surface area contributed by atoms with Gasteiger partial charge in [-0.25, -0.2) is 9.19 Å². The fourth-order valence-electron chi connectivity index (χ4n) is 1.30. The summed E-state index contributed by atoms with van der Waals surface area (Å²) in [5.41, 5.74) is 1.10. The number of esters is 1. The van der Waals surface area contributed by atoms with Crippen LogP contribution in [-0.2, 0) is 9.53 Å². The van der Waals surface area contributed by atoms with Gasteiger partial charge in [0.05, 0.1) is 6.10 Å². The van der Waals surface area contributed by atoms with Gasteiger partial charge in [-0.1, -0.05) is 28.1 Å². The van der Waals surface area contributed by atoms with E-state index in [2.05, 4.69) is 20.3 Å². The molecule has 0 amide bonds. The maximum absolute atomic E-state index is 12.2. The van der Waals surface area contributed by atoms with Crippen LogP contribution >= 0.6 is 27.9 Å². The van der Waals surface area contributed by atoms with Crippen LogP contribution in [0.2, 0.25) is 0 Å². The second kappa shape index (κ2) is 7.27. The van der Waals surface area contributed by atoms with E-state index >= 15 is 0 Å². The van der Waals surface area contributed by atoms with Crippen molar-refractivity contribution in [2.45, 2.75) is 45.5 Å². The van der Waals surface area contributed by atoms with E-state index < -0.39 is 5.97 Å². The lowest BCUT2D eigenvalue weighted by molar-refractivity contribution is -0.138. The third kappa shape index (κ3) is 6.09. The Morgan fingerprint density at radius 3 is 2.50 bits per heavy atom. The van der Waals surface area contributed by atoms with E-state index in [4.69, 9.17) is 4.74 Å². The van der Waals surface area contributed by atoms with Crippen molar-refractivity contribution in [2.75, 3.05) is 0 Å². The Labute approximate surface area is 133 Å². The number of carbonyl (C=O) groups is 1. The number of nitrogens with zero attached hydrogens (tertiary/aromatic N) is 1. The standard InChI is InChI=1S/C15H20BrNO2S/c1-10(2)19-14(18)13(17-20-15(3,4)5)11-7-6-8-12(16)9-11/h6-10H,1-5H3/b17-13+. The molecule has 0 N–H and O–H groups in total. The molecule has 110 valence electrons. The van der Waals surface area contributed by atoms with Crippen LogP contribution in [0.1, 0.15) is 40.2 Å². The van der Waals surface area contributed by atoms with Gasteiger partial charge in [-0.2, -0.15) is 0 Å². The number of ether oxygens (including phenoxy) is 1. The molecule has 0 saturated heterocycles. The van der Waals surface area contributed by atoms with Crippen LogP contribution in [0.3, 0.4) is 0 Å². The SMILES string of the molecule is CC(C)OC(=O)/C(=N/SC(C)(C)C)c1cccc(Br)c1. The average molecular weight is 358 g/mol. The highest BCUT2D eigenvalue weighted by Gasteiger charge is 2.20. The fraction of sp³-hybridized carbons (Fsp3) is 0.467. The average Bonchev–Trinajstić information content (AvgIpc) is 2.26. The van der Waals surface area contributed by atoms with Crippen LogP contribution in [-0.4, -0.2) is 22.5 Å². The van der Waals surface area contributed by atoms with Crippen LogP contribution < -0.4 is 0 Å². The molecule has 0 unspecified atom stereocenters. The van der Waals surface area contributed by atoms with Crippen LogP contribution in [0.15, 0.2) is 33.1 Å². The fourth-order valence-corrected chi connectivity index (χ4v) is 2.24. The Balaban J connectivity index is 3.10. The van der Waals surface area contributed by atoms with Gasteiger partial charge < -0.3 is 4.74 Å². The van der Waals surface area contributed by atoms with Gasteiger partial charge in [-0.15, -0.1) is 0 Å². The molecule has 0 saturated carbocycles. The molecule has 0 aromatic heterocycles. The van der Waals surface area contributed by atoms with Gasteiger partial charge >= 0.3 is 5.97 Å². The Hall–Kier alpha value is -0.810. The summed E-state index contributed by atoms with van der Waals surface area (Å²) >= 11 is 4.78.